The maximum Gasteiger partial charge on any atom is 0.326 e. The second-order valence-electron chi connectivity index (χ2n) is 4.07. The van der Waals surface area contributed by atoms with E-state index in [0.29, 0.717) is 11.4 Å². The van der Waals surface area contributed by atoms with Crippen molar-refractivity contribution in [2.24, 2.45) is 0 Å². The van der Waals surface area contributed by atoms with Crippen molar-refractivity contribution in [3.63, 3.8) is 0 Å². The third kappa shape index (κ3) is 5.14. The smallest absolute Gasteiger partial charge is 0.326 e. The van der Waals surface area contributed by atoms with Gasteiger partial charge < -0.3 is 10.4 Å². The zero-order valence-corrected chi connectivity index (χ0v) is 11.2. The first-order valence-electron chi connectivity index (χ1n) is 5.91. The van der Waals surface area contributed by atoms with Crippen LogP contribution in [0.4, 0.5) is 0 Å². The van der Waals surface area contributed by atoms with Crippen molar-refractivity contribution >= 4 is 23.5 Å². The molecule has 0 saturated carbocycles. The van der Waals surface area contributed by atoms with Crippen molar-refractivity contribution in [3.8, 4) is 0 Å². The predicted molar refractivity (Wildman–Crippen MR) is 74.2 cm³/mol. The predicted octanol–water partition coefficient (Wildman–Crippen LogP) is 2.42. The average molecular weight is 282 g/mol. The van der Waals surface area contributed by atoms with Gasteiger partial charge in [-0.15, -0.1) is 6.58 Å². The average Bonchev–Trinajstić information content (AvgIpc) is 2.37. The van der Waals surface area contributed by atoms with Crippen LogP contribution in [0.25, 0.3) is 0 Å². The van der Waals surface area contributed by atoms with Gasteiger partial charge in [0.05, 0.1) is 0 Å². The summed E-state index contributed by atoms with van der Waals surface area (Å²) >= 11 is 5.97. The molecule has 0 aromatic heterocycles. The van der Waals surface area contributed by atoms with Crippen LogP contribution < -0.4 is 5.32 Å². The Hall–Kier alpha value is -1.81. The molecule has 0 bridgehead atoms. The molecule has 0 saturated heterocycles. The Morgan fingerprint density at radius 1 is 1.42 bits per heavy atom. The fraction of sp³-hybridized carbons (Fsp3) is 0.286. The monoisotopic (exact) mass is 281 g/mol. The third-order valence-corrected chi connectivity index (χ3v) is 2.98. The number of aryl methyl sites for hydroxylation is 1. The molecular weight excluding hydrogens is 266 g/mol. The van der Waals surface area contributed by atoms with Crippen molar-refractivity contribution in [3.05, 3.63) is 47.5 Å². The Bertz CT molecular complexity index is 474. The summed E-state index contributed by atoms with van der Waals surface area (Å²) in [6, 6.07) is 6.34. The minimum atomic E-state index is -1.06. The highest BCUT2D eigenvalue weighted by Gasteiger charge is 2.18. The quantitative estimate of drug-likeness (QED) is 0.754. The van der Waals surface area contributed by atoms with E-state index in [4.69, 9.17) is 16.7 Å². The molecule has 0 radical (unpaired) electrons. The van der Waals surface area contributed by atoms with Gasteiger partial charge in [0, 0.05) is 11.4 Å². The third-order valence-electron chi connectivity index (χ3n) is 2.61. The lowest BCUT2D eigenvalue weighted by atomic mass is 10.1. The molecule has 0 aliphatic rings. The number of aliphatic carboxylic acids is 1. The number of nitrogens with one attached hydrogen (secondary N) is 1. The Morgan fingerprint density at radius 2 is 2.11 bits per heavy atom. The number of amides is 1. The number of rotatable bonds is 7. The van der Waals surface area contributed by atoms with E-state index in [1.807, 2.05) is 18.2 Å². The second-order valence-corrected chi connectivity index (χ2v) is 4.48. The van der Waals surface area contributed by atoms with Gasteiger partial charge in [-0.2, -0.15) is 0 Å². The SMILES string of the molecule is C=CCC(NC(=O)CCc1ccccc1Cl)C(=O)O. The lowest BCUT2D eigenvalue weighted by Gasteiger charge is -2.12. The number of benzene rings is 1. The summed E-state index contributed by atoms with van der Waals surface area (Å²) in [5.41, 5.74) is 0.870. The first-order chi connectivity index (χ1) is 9.04. The zero-order valence-electron chi connectivity index (χ0n) is 10.4. The molecular formula is C14H16ClNO3. The van der Waals surface area contributed by atoms with E-state index in [1.54, 1.807) is 6.07 Å². The maximum absolute atomic E-state index is 11.7. The standard InChI is InChI=1S/C14H16ClNO3/c1-2-5-12(14(18)19)16-13(17)9-8-10-6-3-4-7-11(10)15/h2-4,6-7,12H,1,5,8-9H2,(H,16,17)(H,18,19). The van der Waals surface area contributed by atoms with Crippen molar-refractivity contribution in [2.45, 2.75) is 25.3 Å². The number of hydrogen-bond donors (Lipinski definition) is 2. The van der Waals surface area contributed by atoms with Crippen molar-refractivity contribution in [1.82, 2.24) is 5.32 Å². The molecule has 1 amide bonds. The van der Waals surface area contributed by atoms with E-state index >= 15 is 0 Å². The molecule has 0 heterocycles. The summed E-state index contributed by atoms with van der Waals surface area (Å²) in [6.45, 7) is 3.46. The number of carbonyl (C=O) groups excluding carboxylic acids is 1. The van der Waals surface area contributed by atoms with Crippen LogP contribution in [0.1, 0.15) is 18.4 Å². The molecule has 19 heavy (non-hydrogen) atoms. The van der Waals surface area contributed by atoms with Crippen molar-refractivity contribution < 1.29 is 14.7 Å². The maximum atomic E-state index is 11.7. The van der Waals surface area contributed by atoms with E-state index in [9.17, 15) is 9.59 Å². The van der Waals surface area contributed by atoms with Gasteiger partial charge in [-0.25, -0.2) is 4.79 Å². The molecule has 0 aliphatic carbocycles. The molecule has 0 aliphatic heterocycles. The lowest BCUT2D eigenvalue weighted by Crippen LogP contribution is -2.40. The summed E-state index contributed by atoms with van der Waals surface area (Å²) in [6.07, 6.45) is 2.34. The fourth-order valence-electron chi connectivity index (χ4n) is 1.60. The second kappa shape index (κ2) is 7.59. The van der Waals surface area contributed by atoms with E-state index in [2.05, 4.69) is 11.9 Å². The topological polar surface area (TPSA) is 66.4 Å². The van der Waals surface area contributed by atoms with E-state index < -0.39 is 12.0 Å². The number of carboxylic acid groups (broad SMARTS) is 1. The number of carbonyl (C=O) groups is 2. The molecule has 4 nitrogen and oxygen atoms in total. The van der Waals surface area contributed by atoms with Crippen LogP contribution in [0.2, 0.25) is 5.02 Å². The van der Waals surface area contributed by atoms with E-state index in [1.165, 1.54) is 6.08 Å². The van der Waals surface area contributed by atoms with Crippen LogP contribution >= 0.6 is 11.6 Å². The van der Waals surface area contributed by atoms with Gasteiger partial charge in [0.25, 0.3) is 0 Å². The molecule has 0 fully saturated rings. The van der Waals surface area contributed by atoms with Gasteiger partial charge in [-0.05, 0) is 24.5 Å². The summed E-state index contributed by atoms with van der Waals surface area (Å²) < 4.78 is 0. The van der Waals surface area contributed by atoms with Crippen LogP contribution in [-0.4, -0.2) is 23.0 Å². The first-order valence-corrected chi connectivity index (χ1v) is 6.29. The number of halogens is 1. The molecule has 1 aromatic rings. The summed E-state index contributed by atoms with van der Waals surface area (Å²) in [5.74, 6) is -1.37. The van der Waals surface area contributed by atoms with Crippen molar-refractivity contribution in [1.29, 1.82) is 0 Å². The van der Waals surface area contributed by atoms with E-state index in [-0.39, 0.29) is 18.7 Å². The lowest BCUT2D eigenvalue weighted by molar-refractivity contribution is -0.141. The van der Waals surface area contributed by atoms with Gasteiger partial charge in [0.2, 0.25) is 5.91 Å². The number of hydrogen-bond acceptors (Lipinski definition) is 2. The zero-order chi connectivity index (χ0) is 14.3. The molecule has 1 aromatic carbocycles. The molecule has 102 valence electrons. The van der Waals surface area contributed by atoms with Gasteiger partial charge >= 0.3 is 5.97 Å². The first kappa shape index (κ1) is 15.2. The normalized spacial score (nSPS) is 11.6. The Kier molecular flexibility index (Phi) is 6.09. The van der Waals surface area contributed by atoms with Gasteiger partial charge in [-0.1, -0.05) is 35.9 Å². The molecule has 1 rings (SSSR count). The fourth-order valence-corrected chi connectivity index (χ4v) is 1.83. The highest BCUT2D eigenvalue weighted by atomic mass is 35.5. The molecule has 0 spiro atoms. The Morgan fingerprint density at radius 3 is 2.68 bits per heavy atom. The highest BCUT2D eigenvalue weighted by Crippen LogP contribution is 2.16. The van der Waals surface area contributed by atoms with Crippen LogP contribution in [0.15, 0.2) is 36.9 Å². The largest absolute Gasteiger partial charge is 0.480 e. The minimum absolute atomic E-state index is 0.199. The van der Waals surface area contributed by atoms with Crippen LogP contribution in [0.5, 0.6) is 0 Å². The molecule has 1 unspecified atom stereocenters. The minimum Gasteiger partial charge on any atom is -0.480 e. The Labute approximate surface area is 117 Å². The summed E-state index contributed by atoms with van der Waals surface area (Å²) in [4.78, 5) is 22.5. The van der Waals surface area contributed by atoms with Gasteiger partial charge in [0.1, 0.15) is 6.04 Å². The Balaban J connectivity index is 2.49. The summed E-state index contributed by atoms with van der Waals surface area (Å²) in [7, 11) is 0. The van der Waals surface area contributed by atoms with Gasteiger partial charge in [-0.3, -0.25) is 4.79 Å². The summed E-state index contributed by atoms with van der Waals surface area (Å²) in [5, 5.41) is 12.0. The van der Waals surface area contributed by atoms with Crippen LogP contribution in [0.3, 0.4) is 0 Å². The highest BCUT2D eigenvalue weighted by molar-refractivity contribution is 6.31. The molecule has 1 atom stereocenters. The molecule has 2 N–H and O–H groups in total. The van der Waals surface area contributed by atoms with Crippen LogP contribution in [-0.2, 0) is 16.0 Å². The van der Waals surface area contributed by atoms with E-state index in [0.717, 1.165) is 5.56 Å². The van der Waals surface area contributed by atoms with Gasteiger partial charge in [0.15, 0.2) is 0 Å². The number of carboxylic acids is 1. The van der Waals surface area contributed by atoms with Crippen molar-refractivity contribution in [2.75, 3.05) is 0 Å². The molecule has 5 heteroatoms. The van der Waals surface area contributed by atoms with Crippen LogP contribution in [0, 0.1) is 0 Å².